The zero-order valence-corrected chi connectivity index (χ0v) is 8.93. The van der Waals surface area contributed by atoms with Gasteiger partial charge in [0.1, 0.15) is 11.9 Å². The first-order valence-electron chi connectivity index (χ1n) is 5.26. The van der Waals surface area contributed by atoms with Gasteiger partial charge in [0.2, 0.25) is 0 Å². The zero-order chi connectivity index (χ0) is 11.1. The fraction of sp³-hybridized carbons (Fsp3) is 0.417. The highest BCUT2D eigenvalue weighted by atomic mass is 16.6. The molecule has 0 unspecified atom stereocenters. The third-order valence-corrected chi connectivity index (χ3v) is 3.07. The molecule has 0 saturated carbocycles. The van der Waals surface area contributed by atoms with Crippen molar-refractivity contribution in [2.75, 3.05) is 7.11 Å². The number of esters is 1. The molecule has 1 fully saturated rings. The zero-order valence-electron chi connectivity index (χ0n) is 8.93. The van der Waals surface area contributed by atoms with Crippen molar-refractivity contribution in [2.24, 2.45) is 0 Å². The Morgan fingerprint density at radius 1 is 1.44 bits per heavy atom. The highest BCUT2D eigenvalue weighted by Crippen LogP contribution is 2.39. The Hall–Kier alpha value is -1.55. The molecule has 2 aliphatic rings. The maximum absolute atomic E-state index is 11.2. The Balaban J connectivity index is 2.00. The van der Waals surface area contributed by atoms with E-state index in [9.17, 15) is 4.79 Å². The van der Waals surface area contributed by atoms with Crippen LogP contribution in [0.5, 0.6) is 5.75 Å². The molecule has 16 heavy (non-hydrogen) atoms. The van der Waals surface area contributed by atoms with Crippen LogP contribution in [0.4, 0.5) is 0 Å². The maximum Gasteiger partial charge on any atom is 0.309 e. The quantitative estimate of drug-likeness (QED) is 0.674. The Morgan fingerprint density at radius 2 is 2.31 bits per heavy atom. The fourth-order valence-electron chi connectivity index (χ4n) is 2.26. The lowest BCUT2D eigenvalue weighted by Crippen LogP contribution is -2.23. The molecule has 1 saturated heterocycles. The van der Waals surface area contributed by atoms with Gasteiger partial charge in [-0.3, -0.25) is 4.79 Å². The number of ether oxygens (including phenoxy) is 3. The Morgan fingerprint density at radius 3 is 3.12 bits per heavy atom. The maximum atomic E-state index is 11.2. The van der Waals surface area contributed by atoms with Gasteiger partial charge in [-0.1, -0.05) is 6.07 Å². The summed E-state index contributed by atoms with van der Waals surface area (Å²) in [4.78, 5) is 11.2. The van der Waals surface area contributed by atoms with Gasteiger partial charge in [-0.05, 0) is 17.7 Å². The molecule has 4 heteroatoms. The average Bonchev–Trinajstić information content (AvgIpc) is 2.69. The molecule has 0 bridgehead atoms. The van der Waals surface area contributed by atoms with Crippen LogP contribution in [0.2, 0.25) is 0 Å². The van der Waals surface area contributed by atoms with Gasteiger partial charge in [0.15, 0.2) is 6.10 Å². The Bertz CT molecular complexity index is 441. The summed E-state index contributed by atoms with van der Waals surface area (Å²) in [5.74, 6) is 0.615. The summed E-state index contributed by atoms with van der Waals surface area (Å²) in [5, 5.41) is 0. The number of benzene rings is 1. The van der Waals surface area contributed by atoms with E-state index in [4.69, 9.17) is 14.2 Å². The summed E-state index contributed by atoms with van der Waals surface area (Å²) in [6.45, 7) is 0.518. The second-order valence-electron chi connectivity index (χ2n) is 4.03. The van der Waals surface area contributed by atoms with E-state index in [1.54, 1.807) is 7.11 Å². The van der Waals surface area contributed by atoms with Gasteiger partial charge in [-0.2, -0.15) is 0 Å². The van der Waals surface area contributed by atoms with Crippen LogP contribution in [-0.4, -0.2) is 19.2 Å². The minimum absolute atomic E-state index is 0.117. The minimum atomic E-state index is -0.234. The highest BCUT2D eigenvalue weighted by molar-refractivity contribution is 5.73. The molecule has 2 atom stereocenters. The van der Waals surface area contributed by atoms with Crippen LogP contribution >= 0.6 is 0 Å². The molecule has 0 aromatic heterocycles. The van der Waals surface area contributed by atoms with E-state index in [1.165, 1.54) is 0 Å². The molecule has 0 spiro atoms. The van der Waals surface area contributed by atoms with Crippen molar-refractivity contribution in [1.29, 1.82) is 0 Å². The highest BCUT2D eigenvalue weighted by Gasteiger charge is 2.40. The van der Waals surface area contributed by atoms with E-state index < -0.39 is 0 Å². The van der Waals surface area contributed by atoms with E-state index in [2.05, 4.69) is 0 Å². The third kappa shape index (κ3) is 1.38. The lowest BCUT2D eigenvalue weighted by Gasteiger charge is -2.26. The van der Waals surface area contributed by atoms with Crippen LogP contribution in [0.15, 0.2) is 18.2 Å². The molecule has 2 heterocycles. The number of fused-ring (bicyclic) bond motifs is 3. The van der Waals surface area contributed by atoms with Crippen molar-refractivity contribution in [3.63, 3.8) is 0 Å². The van der Waals surface area contributed by atoms with Crippen molar-refractivity contribution in [3.8, 4) is 5.75 Å². The molecule has 4 nitrogen and oxygen atoms in total. The van der Waals surface area contributed by atoms with Crippen molar-refractivity contribution in [2.45, 2.75) is 25.2 Å². The summed E-state index contributed by atoms with van der Waals surface area (Å²) < 4.78 is 16.0. The normalized spacial score (nSPS) is 26.9. The second-order valence-corrected chi connectivity index (χ2v) is 4.03. The summed E-state index contributed by atoms with van der Waals surface area (Å²) in [6, 6.07) is 5.76. The largest absolute Gasteiger partial charge is 0.497 e. The topological polar surface area (TPSA) is 44.8 Å². The van der Waals surface area contributed by atoms with Gasteiger partial charge in [0, 0.05) is 5.56 Å². The van der Waals surface area contributed by atoms with Crippen LogP contribution in [0.3, 0.4) is 0 Å². The Labute approximate surface area is 93.1 Å². The van der Waals surface area contributed by atoms with Crippen LogP contribution < -0.4 is 4.74 Å². The number of methoxy groups -OCH3 is 1. The SMILES string of the molecule is COc1ccc2c(c1)CO[C@@H]1CC(=O)O[C@@H]21. The number of hydrogen-bond donors (Lipinski definition) is 0. The van der Waals surface area contributed by atoms with Crippen LogP contribution in [0.1, 0.15) is 23.7 Å². The number of carbonyl (C=O) groups is 1. The van der Waals surface area contributed by atoms with Gasteiger partial charge in [-0.15, -0.1) is 0 Å². The molecule has 0 N–H and O–H groups in total. The number of carbonyl (C=O) groups excluding carboxylic acids is 1. The van der Waals surface area contributed by atoms with E-state index >= 15 is 0 Å². The molecule has 0 radical (unpaired) electrons. The number of rotatable bonds is 1. The molecule has 84 valence electrons. The summed E-state index contributed by atoms with van der Waals surface area (Å²) in [5.41, 5.74) is 2.08. The predicted molar refractivity (Wildman–Crippen MR) is 55.0 cm³/mol. The van der Waals surface area contributed by atoms with Crippen LogP contribution in [-0.2, 0) is 20.9 Å². The number of hydrogen-bond acceptors (Lipinski definition) is 4. The molecular weight excluding hydrogens is 208 g/mol. The van der Waals surface area contributed by atoms with Crippen molar-refractivity contribution < 1.29 is 19.0 Å². The minimum Gasteiger partial charge on any atom is -0.497 e. The first-order valence-corrected chi connectivity index (χ1v) is 5.26. The van der Waals surface area contributed by atoms with Crippen LogP contribution in [0.25, 0.3) is 0 Å². The molecule has 1 aromatic carbocycles. The average molecular weight is 220 g/mol. The standard InChI is InChI=1S/C12H12O4/c1-14-8-2-3-9-7(4-8)6-15-10-5-11(13)16-12(9)10/h2-4,10,12H,5-6H2,1H3/t10-,12+/m1/s1. The molecule has 2 aliphatic heterocycles. The molecule has 0 aliphatic carbocycles. The van der Waals surface area contributed by atoms with Gasteiger partial charge in [0.25, 0.3) is 0 Å². The van der Waals surface area contributed by atoms with E-state index in [-0.39, 0.29) is 18.2 Å². The second kappa shape index (κ2) is 3.49. The first-order chi connectivity index (χ1) is 7.78. The molecule has 3 rings (SSSR count). The van der Waals surface area contributed by atoms with Gasteiger partial charge in [-0.25, -0.2) is 0 Å². The predicted octanol–water partition coefficient (Wildman–Crippen LogP) is 1.58. The smallest absolute Gasteiger partial charge is 0.309 e. The lowest BCUT2D eigenvalue weighted by molar-refractivity contribution is -0.142. The molecular formula is C12H12O4. The fourth-order valence-corrected chi connectivity index (χ4v) is 2.26. The third-order valence-electron chi connectivity index (χ3n) is 3.07. The Kier molecular flexibility index (Phi) is 2.11. The summed E-state index contributed by atoms with van der Waals surface area (Å²) in [7, 11) is 1.63. The summed E-state index contributed by atoms with van der Waals surface area (Å²) in [6.07, 6.45) is 0.00594. The monoisotopic (exact) mass is 220 g/mol. The van der Waals surface area contributed by atoms with E-state index in [1.807, 2.05) is 18.2 Å². The van der Waals surface area contributed by atoms with Gasteiger partial charge < -0.3 is 14.2 Å². The van der Waals surface area contributed by atoms with Gasteiger partial charge in [0.05, 0.1) is 20.1 Å². The van der Waals surface area contributed by atoms with Crippen molar-refractivity contribution in [3.05, 3.63) is 29.3 Å². The van der Waals surface area contributed by atoms with Gasteiger partial charge >= 0.3 is 5.97 Å². The van der Waals surface area contributed by atoms with E-state index in [0.717, 1.165) is 16.9 Å². The van der Waals surface area contributed by atoms with E-state index in [0.29, 0.717) is 13.0 Å². The van der Waals surface area contributed by atoms with Crippen LogP contribution in [0, 0.1) is 0 Å². The molecule has 0 amide bonds. The molecule has 1 aromatic rings. The lowest BCUT2D eigenvalue weighted by atomic mass is 9.96. The summed E-state index contributed by atoms with van der Waals surface area (Å²) >= 11 is 0. The van der Waals surface area contributed by atoms with Crippen molar-refractivity contribution >= 4 is 5.97 Å². The first kappa shape index (κ1) is 9.66. The van der Waals surface area contributed by atoms with Crippen molar-refractivity contribution in [1.82, 2.24) is 0 Å².